The van der Waals surface area contributed by atoms with Crippen molar-refractivity contribution in [2.24, 2.45) is 0 Å². The van der Waals surface area contributed by atoms with E-state index in [1.807, 2.05) is 12.1 Å². The average molecular weight is 292 g/mol. The molecule has 1 aromatic heterocycles. The molecule has 0 spiro atoms. The Labute approximate surface area is 121 Å². The highest BCUT2D eigenvalue weighted by Crippen LogP contribution is 2.27. The van der Waals surface area contributed by atoms with Gasteiger partial charge in [0.2, 0.25) is 0 Å². The third-order valence-corrected chi connectivity index (χ3v) is 2.88. The second kappa shape index (κ2) is 6.77. The number of urea groups is 1. The fraction of sp³-hybridized carbons (Fsp3) is 0.143. The number of hydrogen-bond acceptors (Lipinski definition) is 3. The molecule has 0 aliphatic rings. The highest BCUT2D eigenvalue weighted by atomic mass is 35.5. The van der Waals surface area contributed by atoms with Gasteiger partial charge < -0.3 is 15.4 Å². The van der Waals surface area contributed by atoms with Crippen LogP contribution in [0.15, 0.2) is 42.7 Å². The lowest BCUT2D eigenvalue weighted by Crippen LogP contribution is -2.28. The van der Waals surface area contributed by atoms with E-state index < -0.39 is 0 Å². The molecule has 0 saturated carbocycles. The molecule has 2 amide bonds. The number of aromatic nitrogens is 1. The molecule has 5 nitrogen and oxygen atoms in total. The number of halogens is 1. The molecule has 0 fully saturated rings. The lowest BCUT2D eigenvalue weighted by atomic mass is 10.3. The van der Waals surface area contributed by atoms with E-state index in [0.717, 1.165) is 5.56 Å². The Balaban J connectivity index is 1.90. The number of methoxy groups -OCH3 is 1. The van der Waals surface area contributed by atoms with Crippen LogP contribution in [0.1, 0.15) is 5.56 Å². The molecule has 1 aromatic carbocycles. The lowest BCUT2D eigenvalue weighted by Gasteiger charge is -2.09. The van der Waals surface area contributed by atoms with E-state index in [1.165, 1.54) is 7.11 Å². The van der Waals surface area contributed by atoms with Crippen molar-refractivity contribution in [2.75, 3.05) is 12.4 Å². The van der Waals surface area contributed by atoms with E-state index in [2.05, 4.69) is 15.6 Å². The van der Waals surface area contributed by atoms with Gasteiger partial charge >= 0.3 is 6.03 Å². The predicted octanol–water partition coefficient (Wildman–Crippen LogP) is 3.07. The molecule has 0 unspecified atom stereocenters. The van der Waals surface area contributed by atoms with E-state index in [1.54, 1.807) is 30.6 Å². The van der Waals surface area contributed by atoms with Crippen LogP contribution in [0.2, 0.25) is 5.02 Å². The van der Waals surface area contributed by atoms with E-state index in [4.69, 9.17) is 16.3 Å². The molecule has 0 radical (unpaired) electrons. The first-order valence-corrected chi connectivity index (χ1v) is 6.34. The highest BCUT2D eigenvalue weighted by molar-refractivity contribution is 6.32. The third-order valence-electron chi connectivity index (χ3n) is 2.59. The maximum Gasteiger partial charge on any atom is 0.319 e. The number of amides is 2. The van der Waals surface area contributed by atoms with Gasteiger partial charge in [0.25, 0.3) is 0 Å². The fourth-order valence-electron chi connectivity index (χ4n) is 1.60. The summed E-state index contributed by atoms with van der Waals surface area (Å²) in [5.41, 5.74) is 1.52. The van der Waals surface area contributed by atoms with E-state index in [-0.39, 0.29) is 6.03 Å². The van der Waals surface area contributed by atoms with Gasteiger partial charge in [-0.1, -0.05) is 17.7 Å². The Kier molecular flexibility index (Phi) is 4.79. The smallest absolute Gasteiger partial charge is 0.319 e. The number of nitrogens with one attached hydrogen (secondary N) is 2. The SMILES string of the molecule is COc1ccc(NC(=O)NCc2cccnc2)cc1Cl. The van der Waals surface area contributed by atoms with Crippen molar-refractivity contribution in [3.8, 4) is 5.75 Å². The first-order chi connectivity index (χ1) is 9.69. The summed E-state index contributed by atoms with van der Waals surface area (Å²) in [6, 6.07) is 8.43. The molecule has 2 rings (SSSR count). The monoisotopic (exact) mass is 291 g/mol. The van der Waals surface area contributed by atoms with Gasteiger partial charge in [0.15, 0.2) is 0 Å². The van der Waals surface area contributed by atoms with E-state index >= 15 is 0 Å². The molecule has 1 heterocycles. The quantitative estimate of drug-likeness (QED) is 0.910. The zero-order valence-electron chi connectivity index (χ0n) is 10.9. The number of nitrogens with zero attached hydrogens (tertiary/aromatic N) is 1. The fourth-order valence-corrected chi connectivity index (χ4v) is 1.86. The van der Waals surface area contributed by atoms with Crippen molar-refractivity contribution < 1.29 is 9.53 Å². The number of carbonyl (C=O) groups excluding carboxylic acids is 1. The molecule has 104 valence electrons. The van der Waals surface area contributed by atoms with Crippen LogP contribution in [-0.4, -0.2) is 18.1 Å². The zero-order valence-corrected chi connectivity index (χ0v) is 11.6. The predicted molar refractivity (Wildman–Crippen MR) is 78.1 cm³/mol. The van der Waals surface area contributed by atoms with Gasteiger partial charge in [-0.05, 0) is 29.8 Å². The van der Waals surface area contributed by atoms with Crippen molar-refractivity contribution in [1.29, 1.82) is 0 Å². The molecule has 2 aromatic rings. The molecule has 20 heavy (non-hydrogen) atoms. The molecule has 0 aliphatic heterocycles. The molecule has 0 bridgehead atoms. The molecule has 0 aliphatic carbocycles. The number of benzene rings is 1. The Hall–Kier alpha value is -2.27. The minimum Gasteiger partial charge on any atom is -0.495 e. The van der Waals surface area contributed by atoms with Crippen LogP contribution in [0.3, 0.4) is 0 Å². The summed E-state index contributed by atoms with van der Waals surface area (Å²) in [6.45, 7) is 0.406. The van der Waals surface area contributed by atoms with Gasteiger partial charge in [-0.25, -0.2) is 4.79 Å². The van der Waals surface area contributed by atoms with Crippen LogP contribution in [0, 0.1) is 0 Å². The van der Waals surface area contributed by atoms with E-state index in [9.17, 15) is 4.79 Å². The maximum atomic E-state index is 11.7. The minimum absolute atomic E-state index is 0.310. The molecule has 0 atom stereocenters. The summed E-state index contributed by atoms with van der Waals surface area (Å²) in [7, 11) is 1.54. The Morgan fingerprint density at radius 3 is 2.90 bits per heavy atom. The second-order valence-electron chi connectivity index (χ2n) is 4.02. The molecular weight excluding hydrogens is 278 g/mol. The van der Waals surface area contributed by atoms with Crippen molar-refractivity contribution in [3.63, 3.8) is 0 Å². The first kappa shape index (κ1) is 14.1. The Morgan fingerprint density at radius 2 is 2.25 bits per heavy atom. The van der Waals surface area contributed by atoms with Gasteiger partial charge in [-0.3, -0.25) is 4.98 Å². The minimum atomic E-state index is -0.310. The number of ether oxygens (including phenoxy) is 1. The number of carbonyl (C=O) groups is 1. The van der Waals surface area contributed by atoms with Gasteiger partial charge in [-0.15, -0.1) is 0 Å². The van der Waals surface area contributed by atoms with Crippen LogP contribution in [0.25, 0.3) is 0 Å². The number of hydrogen-bond donors (Lipinski definition) is 2. The number of anilines is 1. The maximum absolute atomic E-state index is 11.7. The van der Waals surface area contributed by atoms with Gasteiger partial charge in [0.05, 0.1) is 12.1 Å². The summed E-state index contributed by atoms with van der Waals surface area (Å²) >= 11 is 5.98. The lowest BCUT2D eigenvalue weighted by molar-refractivity contribution is 0.251. The molecular formula is C14H14ClN3O2. The van der Waals surface area contributed by atoms with Crippen LogP contribution in [-0.2, 0) is 6.54 Å². The van der Waals surface area contributed by atoms with Crippen LogP contribution in [0.5, 0.6) is 5.75 Å². The van der Waals surface area contributed by atoms with Crippen LogP contribution >= 0.6 is 11.6 Å². The summed E-state index contributed by atoms with van der Waals surface area (Å²) in [5.74, 6) is 0.563. The molecule has 2 N–H and O–H groups in total. The average Bonchev–Trinajstić information content (AvgIpc) is 2.46. The summed E-state index contributed by atoms with van der Waals surface area (Å²) in [5, 5.41) is 5.87. The first-order valence-electron chi connectivity index (χ1n) is 5.96. The summed E-state index contributed by atoms with van der Waals surface area (Å²) < 4.78 is 5.04. The summed E-state index contributed by atoms with van der Waals surface area (Å²) in [6.07, 6.45) is 3.38. The standard InChI is InChI=1S/C14H14ClN3O2/c1-20-13-5-4-11(7-12(13)15)18-14(19)17-9-10-3-2-6-16-8-10/h2-8H,9H2,1H3,(H2,17,18,19). The number of pyridine rings is 1. The largest absolute Gasteiger partial charge is 0.495 e. The van der Waals surface area contributed by atoms with Crippen LogP contribution < -0.4 is 15.4 Å². The zero-order chi connectivity index (χ0) is 14.4. The van der Waals surface area contributed by atoms with Crippen molar-refractivity contribution in [1.82, 2.24) is 10.3 Å². The number of rotatable bonds is 4. The van der Waals surface area contributed by atoms with Crippen LogP contribution in [0.4, 0.5) is 10.5 Å². The highest BCUT2D eigenvalue weighted by Gasteiger charge is 2.05. The van der Waals surface area contributed by atoms with E-state index in [0.29, 0.717) is 23.0 Å². The Morgan fingerprint density at radius 1 is 1.40 bits per heavy atom. The van der Waals surface area contributed by atoms with Crippen molar-refractivity contribution in [2.45, 2.75) is 6.54 Å². The molecule has 6 heteroatoms. The van der Waals surface area contributed by atoms with Gasteiger partial charge in [-0.2, -0.15) is 0 Å². The normalized spacial score (nSPS) is 9.90. The Bertz CT molecular complexity index is 590. The van der Waals surface area contributed by atoms with Gasteiger partial charge in [0, 0.05) is 24.6 Å². The second-order valence-corrected chi connectivity index (χ2v) is 4.43. The topological polar surface area (TPSA) is 63.2 Å². The van der Waals surface area contributed by atoms with Crippen molar-refractivity contribution >= 4 is 23.3 Å². The molecule has 0 saturated heterocycles. The third kappa shape index (κ3) is 3.86. The van der Waals surface area contributed by atoms with Crippen molar-refractivity contribution in [3.05, 3.63) is 53.3 Å². The van der Waals surface area contributed by atoms with Gasteiger partial charge in [0.1, 0.15) is 5.75 Å². The summed E-state index contributed by atoms with van der Waals surface area (Å²) in [4.78, 5) is 15.7.